The Labute approximate surface area is 156 Å². The average Bonchev–Trinajstić information content (AvgIpc) is 2.62. The Balaban J connectivity index is 2.59. The molecular weight excluding hydrogens is 330 g/mol. The SMILES string of the molecule is CCOc1ccc(CCN/C=C(/C#N)C(=O)NCC(C)C)cc1OCC. The Kier molecular flexibility index (Phi) is 9.70. The van der Waals surface area contributed by atoms with Crippen LogP contribution in [0.4, 0.5) is 0 Å². The minimum absolute atomic E-state index is 0.0762. The van der Waals surface area contributed by atoms with Gasteiger partial charge in [0.25, 0.3) is 5.91 Å². The van der Waals surface area contributed by atoms with Crippen molar-refractivity contribution < 1.29 is 14.3 Å². The Morgan fingerprint density at radius 1 is 1.23 bits per heavy atom. The molecule has 0 aliphatic heterocycles. The number of hydrogen-bond acceptors (Lipinski definition) is 5. The first-order valence-corrected chi connectivity index (χ1v) is 9.02. The Morgan fingerprint density at radius 2 is 1.92 bits per heavy atom. The van der Waals surface area contributed by atoms with Gasteiger partial charge in [0, 0.05) is 19.3 Å². The molecule has 0 aromatic heterocycles. The van der Waals surface area contributed by atoms with Gasteiger partial charge in [-0.1, -0.05) is 19.9 Å². The number of nitriles is 1. The summed E-state index contributed by atoms with van der Waals surface area (Å²) >= 11 is 0. The van der Waals surface area contributed by atoms with Gasteiger partial charge in [-0.3, -0.25) is 4.79 Å². The fourth-order valence-corrected chi connectivity index (χ4v) is 2.18. The molecule has 0 fully saturated rings. The van der Waals surface area contributed by atoms with E-state index < -0.39 is 0 Å². The van der Waals surface area contributed by atoms with Gasteiger partial charge in [-0.05, 0) is 43.9 Å². The van der Waals surface area contributed by atoms with E-state index in [1.54, 1.807) is 0 Å². The lowest BCUT2D eigenvalue weighted by Crippen LogP contribution is -2.29. The summed E-state index contributed by atoms with van der Waals surface area (Å²) in [6.45, 7) is 10.2. The number of carbonyl (C=O) groups is 1. The molecule has 6 heteroatoms. The van der Waals surface area contributed by atoms with Crippen molar-refractivity contribution in [2.45, 2.75) is 34.1 Å². The highest BCUT2D eigenvalue weighted by Crippen LogP contribution is 2.28. The van der Waals surface area contributed by atoms with Gasteiger partial charge in [-0.2, -0.15) is 5.26 Å². The van der Waals surface area contributed by atoms with Crippen LogP contribution in [0.1, 0.15) is 33.3 Å². The molecule has 0 bridgehead atoms. The Hall–Kier alpha value is -2.68. The van der Waals surface area contributed by atoms with Gasteiger partial charge in [0.05, 0.1) is 13.2 Å². The lowest BCUT2D eigenvalue weighted by atomic mass is 10.1. The van der Waals surface area contributed by atoms with Crippen molar-refractivity contribution in [3.05, 3.63) is 35.5 Å². The van der Waals surface area contributed by atoms with Crippen molar-refractivity contribution in [2.75, 3.05) is 26.3 Å². The highest BCUT2D eigenvalue weighted by Gasteiger charge is 2.09. The zero-order valence-corrected chi connectivity index (χ0v) is 16.1. The summed E-state index contributed by atoms with van der Waals surface area (Å²) in [6, 6.07) is 7.77. The third-order valence-electron chi connectivity index (χ3n) is 3.45. The van der Waals surface area contributed by atoms with Crippen LogP contribution >= 0.6 is 0 Å². The van der Waals surface area contributed by atoms with E-state index in [2.05, 4.69) is 10.6 Å². The molecule has 0 unspecified atom stereocenters. The summed E-state index contributed by atoms with van der Waals surface area (Å²) in [7, 11) is 0. The normalized spacial score (nSPS) is 11.0. The molecule has 1 aromatic rings. The maximum absolute atomic E-state index is 11.9. The number of nitrogens with one attached hydrogen (secondary N) is 2. The van der Waals surface area contributed by atoms with Gasteiger partial charge >= 0.3 is 0 Å². The van der Waals surface area contributed by atoms with Crippen LogP contribution in [0.15, 0.2) is 30.0 Å². The molecule has 1 amide bonds. The monoisotopic (exact) mass is 359 g/mol. The van der Waals surface area contributed by atoms with Gasteiger partial charge in [-0.25, -0.2) is 0 Å². The standard InChI is InChI=1S/C20H29N3O3/c1-5-25-18-8-7-16(11-19(18)26-6-2)9-10-22-14-17(12-21)20(24)23-13-15(3)4/h7-8,11,14-15,22H,5-6,9-10,13H2,1-4H3,(H,23,24)/b17-14-. The molecule has 6 nitrogen and oxygen atoms in total. The number of nitrogens with zero attached hydrogens (tertiary/aromatic N) is 1. The predicted molar refractivity (Wildman–Crippen MR) is 102 cm³/mol. The molecule has 0 heterocycles. The summed E-state index contributed by atoms with van der Waals surface area (Å²) in [5.74, 6) is 1.45. The lowest BCUT2D eigenvalue weighted by molar-refractivity contribution is -0.117. The highest BCUT2D eigenvalue weighted by molar-refractivity contribution is 5.97. The zero-order chi connectivity index (χ0) is 19.4. The highest BCUT2D eigenvalue weighted by atomic mass is 16.5. The van der Waals surface area contributed by atoms with Crippen LogP contribution in [-0.4, -0.2) is 32.2 Å². The van der Waals surface area contributed by atoms with E-state index >= 15 is 0 Å². The van der Waals surface area contributed by atoms with Crippen molar-refractivity contribution in [1.82, 2.24) is 10.6 Å². The Morgan fingerprint density at radius 3 is 2.54 bits per heavy atom. The van der Waals surface area contributed by atoms with Gasteiger partial charge in [0.2, 0.25) is 0 Å². The maximum atomic E-state index is 11.9. The fourth-order valence-electron chi connectivity index (χ4n) is 2.18. The number of benzene rings is 1. The first-order valence-electron chi connectivity index (χ1n) is 9.02. The second-order valence-corrected chi connectivity index (χ2v) is 6.12. The molecule has 0 aliphatic rings. The van der Waals surface area contributed by atoms with Crippen LogP contribution in [0.5, 0.6) is 11.5 Å². The van der Waals surface area contributed by atoms with Crippen LogP contribution in [0, 0.1) is 17.2 Å². The molecule has 0 saturated heterocycles. The molecule has 0 atom stereocenters. The van der Waals surface area contributed by atoms with E-state index in [0.29, 0.717) is 32.2 Å². The summed E-state index contributed by atoms with van der Waals surface area (Å²) in [5.41, 5.74) is 1.16. The topological polar surface area (TPSA) is 83.4 Å². The summed E-state index contributed by atoms with van der Waals surface area (Å²) in [4.78, 5) is 11.9. The van der Waals surface area contributed by atoms with E-state index in [-0.39, 0.29) is 11.5 Å². The third-order valence-corrected chi connectivity index (χ3v) is 3.45. The molecule has 0 saturated carbocycles. The zero-order valence-electron chi connectivity index (χ0n) is 16.1. The van der Waals surface area contributed by atoms with Gasteiger partial charge < -0.3 is 20.1 Å². The van der Waals surface area contributed by atoms with Crippen LogP contribution in [-0.2, 0) is 11.2 Å². The molecule has 0 spiro atoms. The van der Waals surface area contributed by atoms with E-state index in [0.717, 1.165) is 23.5 Å². The molecule has 142 valence electrons. The summed E-state index contributed by atoms with van der Waals surface area (Å²) in [6.07, 6.45) is 2.20. The second-order valence-electron chi connectivity index (χ2n) is 6.12. The average molecular weight is 359 g/mol. The van der Waals surface area contributed by atoms with Crippen LogP contribution in [0.25, 0.3) is 0 Å². The first kappa shape index (κ1) is 21.4. The predicted octanol–water partition coefficient (Wildman–Crippen LogP) is 2.80. The number of ether oxygens (including phenoxy) is 2. The first-order chi connectivity index (χ1) is 12.5. The molecule has 2 N–H and O–H groups in total. The Bertz CT molecular complexity index is 648. The van der Waals surface area contributed by atoms with Crippen molar-refractivity contribution in [1.29, 1.82) is 5.26 Å². The maximum Gasteiger partial charge on any atom is 0.263 e. The molecule has 0 aliphatic carbocycles. The van der Waals surface area contributed by atoms with Crippen molar-refractivity contribution in [2.24, 2.45) is 5.92 Å². The van der Waals surface area contributed by atoms with E-state index in [4.69, 9.17) is 14.7 Å². The van der Waals surface area contributed by atoms with Crippen LogP contribution < -0.4 is 20.1 Å². The minimum atomic E-state index is -0.353. The summed E-state index contributed by atoms with van der Waals surface area (Å²) < 4.78 is 11.2. The van der Waals surface area contributed by atoms with Gasteiger partial charge in [-0.15, -0.1) is 0 Å². The number of amides is 1. The third kappa shape index (κ3) is 7.47. The molecule has 26 heavy (non-hydrogen) atoms. The fraction of sp³-hybridized carbons (Fsp3) is 0.500. The molecule has 1 rings (SSSR count). The van der Waals surface area contributed by atoms with Crippen molar-refractivity contribution in [3.63, 3.8) is 0 Å². The van der Waals surface area contributed by atoms with Gasteiger partial charge in [0.15, 0.2) is 11.5 Å². The molecular formula is C20H29N3O3. The molecule has 0 radical (unpaired) electrons. The second kappa shape index (κ2) is 11.8. The van der Waals surface area contributed by atoms with E-state index in [9.17, 15) is 4.79 Å². The van der Waals surface area contributed by atoms with Crippen LogP contribution in [0.2, 0.25) is 0 Å². The van der Waals surface area contributed by atoms with E-state index in [1.165, 1.54) is 6.20 Å². The molecule has 1 aromatic carbocycles. The summed E-state index contributed by atoms with van der Waals surface area (Å²) in [5, 5.41) is 14.9. The van der Waals surface area contributed by atoms with Crippen LogP contribution in [0.3, 0.4) is 0 Å². The quantitative estimate of drug-likeness (QED) is 0.361. The van der Waals surface area contributed by atoms with E-state index in [1.807, 2.05) is 52.0 Å². The largest absolute Gasteiger partial charge is 0.490 e. The number of carbonyl (C=O) groups excluding carboxylic acids is 1. The van der Waals surface area contributed by atoms with Crippen molar-refractivity contribution in [3.8, 4) is 17.6 Å². The smallest absolute Gasteiger partial charge is 0.263 e. The lowest BCUT2D eigenvalue weighted by Gasteiger charge is -2.12. The minimum Gasteiger partial charge on any atom is -0.490 e. The van der Waals surface area contributed by atoms with Crippen molar-refractivity contribution >= 4 is 5.91 Å². The van der Waals surface area contributed by atoms with Gasteiger partial charge in [0.1, 0.15) is 11.6 Å². The number of hydrogen-bond donors (Lipinski definition) is 2. The number of rotatable bonds is 11.